The molecule has 0 saturated carbocycles. The maximum Gasteiger partial charge on any atom is 0.0625 e. The molecule has 1 aromatic heterocycles. The molecule has 102 valence electrons. The summed E-state index contributed by atoms with van der Waals surface area (Å²) in [5.41, 5.74) is 3.65. The van der Waals surface area contributed by atoms with Crippen molar-refractivity contribution in [2.45, 2.75) is 32.9 Å². The topological polar surface area (TPSA) is 29.9 Å². The predicted octanol–water partition coefficient (Wildman–Crippen LogP) is 3.60. The Labute approximate surface area is 123 Å². The molecule has 0 radical (unpaired) electrons. The second-order valence-corrected chi connectivity index (χ2v) is 5.68. The van der Waals surface area contributed by atoms with Crippen molar-refractivity contribution in [1.82, 2.24) is 15.1 Å². The molecule has 0 amide bonds. The first-order chi connectivity index (χ1) is 9.10. The summed E-state index contributed by atoms with van der Waals surface area (Å²) in [6.45, 7) is 5.14. The van der Waals surface area contributed by atoms with Crippen LogP contribution >= 0.6 is 15.9 Å². The first-order valence-corrected chi connectivity index (χ1v) is 7.40. The van der Waals surface area contributed by atoms with Crippen molar-refractivity contribution < 1.29 is 0 Å². The van der Waals surface area contributed by atoms with E-state index in [0.717, 1.165) is 23.1 Å². The Hall–Kier alpha value is -1.13. The van der Waals surface area contributed by atoms with Crippen LogP contribution in [0.5, 0.6) is 0 Å². The molecular formula is C15H20BrN3. The van der Waals surface area contributed by atoms with Crippen molar-refractivity contribution in [2.75, 3.05) is 0 Å². The fourth-order valence-electron chi connectivity index (χ4n) is 2.06. The van der Waals surface area contributed by atoms with Gasteiger partial charge >= 0.3 is 0 Å². The van der Waals surface area contributed by atoms with Crippen LogP contribution in [0.2, 0.25) is 0 Å². The van der Waals surface area contributed by atoms with Crippen molar-refractivity contribution >= 4 is 15.9 Å². The second-order valence-electron chi connectivity index (χ2n) is 4.76. The van der Waals surface area contributed by atoms with Crippen LogP contribution in [0.15, 0.2) is 34.8 Å². The number of hydrogen-bond acceptors (Lipinski definition) is 2. The van der Waals surface area contributed by atoms with E-state index in [2.05, 4.69) is 64.5 Å². The van der Waals surface area contributed by atoms with Crippen molar-refractivity contribution in [2.24, 2.45) is 7.05 Å². The zero-order valence-electron chi connectivity index (χ0n) is 11.7. The van der Waals surface area contributed by atoms with E-state index in [4.69, 9.17) is 0 Å². The predicted molar refractivity (Wildman–Crippen MR) is 82.0 cm³/mol. The highest BCUT2D eigenvalue weighted by Gasteiger charge is 2.08. The number of rotatable bonds is 5. The summed E-state index contributed by atoms with van der Waals surface area (Å²) in [7, 11) is 2.00. The lowest BCUT2D eigenvalue weighted by Gasteiger charge is -2.14. The molecular weight excluding hydrogens is 302 g/mol. The number of benzene rings is 1. The van der Waals surface area contributed by atoms with Gasteiger partial charge in [-0.25, -0.2) is 0 Å². The van der Waals surface area contributed by atoms with Gasteiger partial charge in [-0.05, 0) is 37.1 Å². The smallest absolute Gasteiger partial charge is 0.0625 e. The molecule has 0 aliphatic rings. The number of halogens is 1. The average molecular weight is 322 g/mol. The number of aryl methyl sites for hydroxylation is 2. The molecule has 0 bridgehead atoms. The number of aromatic nitrogens is 2. The Balaban J connectivity index is 2.00. The standard InChI is InChI=1S/C15H20BrN3/c1-4-14-9-15(19(3)18-14)10-17-11(2)12-6-5-7-13(16)8-12/h5-9,11,17H,4,10H2,1-3H3/t11-/m0/s1. The Morgan fingerprint density at radius 1 is 1.37 bits per heavy atom. The summed E-state index contributed by atoms with van der Waals surface area (Å²) in [6, 6.07) is 10.9. The zero-order valence-corrected chi connectivity index (χ0v) is 13.2. The highest BCUT2D eigenvalue weighted by Crippen LogP contribution is 2.18. The molecule has 0 aliphatic heterocycles. The third-order valence-electron chi connectivity index (χ3n) is 3.33. The van der Waals surface area contributed by atoms with Crippen LogP contribution < -0.4 is 5.32 Å². The van der Waals surface area contributed by atoms with E-state index in [1.165, 1.54) is 11.3 Å². The van der Waals surface area contributed by atoms with Crippen LogP contribution in [0.4, 0.5) is 0 Å². The fraction of sp³-hybridized carbons (Fsp3) is 0.400. The quantitative estimate of drug-likeness (QED) is 0.911. The van der Waals surface area contributed by atoms with E-state index in [9.17, 15) is 0 Å². The van der Waals surface area contributed by atoms with Gasteiger partial charge in [-0.15, -0.1) is 0 Å². The van der Waals surface area contributed by atoms with Crippen LogP contribution in [0.25, 0.3) is 0 Å². The molecule has 3 nitrogen and oxygen atoms in total. The monoisotopic (exact) mass is 321 g/mol. The van der Waals surface area contributed by atoms with Gasteiger partial charge in [0.1, 0.15) is 0 Å². The zero-order chi connectivity index (χ0) is 13.8. The summed E-state index contributed by atoms with van der Waals surface area (Å²) in [4.78, 5) is 0. The summed E-state index contributed by atoms with van der Waals surface area (Å²) in [6.07, 6.45) is 0.981. The number of hydrogen-bond donors (Lipinski definition) is 1. The van der Waals surface area contributed by atoms with Crippen molar-refractivity contribution in [3.05, 3.63) is 51.8 Å². The van der Waals surface area contributed by atoms with Crippen LogP contribution in [-0.2, 0) is 20.0 Å². The lowest BCUT2D eigenvalue weighted by Crippen LogP contribution is -2.19. The van der Waals surface area contributed by atoms with E-state index in [0.29, 0.717) is 6.04 Å². The molecule has 4 heteroatoms. The van der Waals surface area contributed by atoms with Crippen molar-refractivity contribution in [1.29, 1.82) is 0 Å². The molecule has 0 spiro atoms. The number of nitrogens with one attached hydrogen (secondary N) is 1. The Kier molecular flexibility index (Phi) is 4.77. The van der Waals surface area contributed by atoms with Crippen LogP contribution in [0.1, 0.15) is 36.8 Å². The van der Waals surface area contributed by atoms with E-state index in [-0.39, 0.29) is 0 Å². The molecule has 0 aliphatic carbocycles. The first-order valence-electron chi connectivity index (χ1n) is 6.60. The van der Waals surface area contributed by atoms with Gasteiger partial charge in [0.15, 0.2) is 0 Å². The highest BCUT2D eigenvalue weighted by atomic mass is 79.9. The van der Waals surface area contributed by atoms with E-state index >= 15 is 0 Å². The SMILES string of the molecule is CCc1cc(CN[C@@H](C)c2cccc(Br)c2)n(C)n1. The van der Waals surface area contributed by atoms with E-state index < -0.39 is 0 Å². The maximum atomic E-state index is 4.46. The largest absolute Gasteiger partial charge is 0.305 e. The Morgan fingerprint density at radius 3 is 2.79 bits per heavy atom. The molecule has 0 unspecified atom stereocenters. The van der Waals surface area contributed by atoms with Crippen LogP contribution in [0.3, 0.4) is 0 Å². The first kappa shape index (κ1) is 14.3. The normalized spacial score (nSPS) is 12.6. The fourth-order valence-corrected chi connectivity index (χ4v) is 2.48. The molecule has 1 N–H and O–H groups in total. The van der Waals surface area contributed by atoms with E-state index in [1.54, 1.807) is 0 Å². The minimum Gasteiger partial charge on any atom is -0.305 e. The van der Waals surface area contributed by atoms with E-state index in [1.807, 2.05) is 17.8 Å². The van der Waals surface area contributed by atoms with Gasteiger partial charge in [-0.1, -0.05) is 35.0 Å². The molecule has 0 fully saturated rings. The molecule has 1 aromatic carbocycles. The molecule has 19 heavy (non-hydrogen) atoms. The van der Waals surface area contributed by atoms with Gasteiger partial charge in [-0.2, -0.15) is 5.10 Å². The maximum absolute atomic E-state index is 4.46. The molecule has 0 saturated heterocycles. The van der Waals surface area contributed by atoms with Gasteiger partial charge in [-0.3, -0.25) is 4.68 Å². The summed E-state index contributed by atoms with van der Waals surface area (Å²) < 4.78 is 3.08. The minimum atomic E-state index is 0.317. The summed E-state index contributed by atoms with van der Waals surface area (Å²) in [5, 5.41) is 8.00. The molecule has 1 atom stereocenters. The lowest BCUT2D eigenvalue weighted by molar-refractivity contribution is 0.547. The Morgan fingerprint density at radius 2 is 2.16 bits per heavy atom. The molecule has 2 rings (SSSR count). The Bertz CT molecular complexity index is 548. The minimum absolute atomic E-state index is 0.317. The van der Waals surface area contributed by atoms with Gasteiger partial charge in [0.2, 0.25) is 0 Å². The highest BCUT2D eigenvalue weighted by molar-refractivity contribution is 9.10. The van der Waals surface area contributed by atoms with Gasteiger partial charge in [0, 0.05) is 24.1 Å². The summed E-state index contributed by atoms with van der Waals surface area (Å²) in [5.74, 6) is 0. The third kappa shape index (κ3) is 3.67. The van der Waals surface area contributed by atoms with Crippen LogP contribution in [-0.4, -0.2) is 9.78 Å². The lowest BCUT2D eigenvalue weighted by atomic mass is 10.1. The molecule has 2 aromatic rings. The average Bonchev–Trinajstić information content (AvgIpc) is 2.76. The van der Waals surface area contributed by atoms with Gasteiger partial charge in [0.05, 0.1) is 11.4 Å². The van der Waals surface area contributed by atoms with Crippen molar-refractivity contribution in [3.8, 4) is 0 Å². The van der Waals surface area contributed by atoms with Gasteiger partial charge in [0.25, 0.3) is 0 Å². The second kappa shape index (κ2) is 6.35. The van der Waals surface area contributed by atoms with Crippen LogP contribution in [0, 0.1) is 0 Å². The summed E-state index contributed by atoms with van der Waals surface area (Å²) >= 11 is 3.51. The number of nitrogens with zero attached hydrogens (tertiary/aromatic N) is 2. The third-order valence-corrected chi connectivity index (χ3v) is 3.82. The van der Waals surface area contributed by atoms with Gasteiger partial charge < -0.3 is 5.32 Å². The molecule has 1 heterocycles. The van der Waals surface area contributed by atoms with Crippen molar-refractivity contribution in [3.63, 3.8) is 0 Å².